The molecule has 0 bridgehead atoms. The van der Waals surface area contributed by atoms with Gasteiger partial charge in [-0.25, -0.2) is 0 Å². The van der Waals surface area contributed by atoms with E-state index < -0.39 is 5.60 Å². The molecular weight excluding hydrogens is 464 g/mol. The van der Waals surface area contributed by atoms with Crippen LogP contribution in [0, 0.1) is 11.3 Å². The Morgan fingerprint density at radius 1 is 0.971 bits per heavy atom. The Bertz CT molecular complexity index is 1210. The van der Waals surface area contributed by atoms with E-state index in [0.29, 0.717) is 41.2 Å². The minimum Gasteiger partial charge on any atom is -0.460 e. The minimum absolute atomic E-state index is 0.0578. The van der Waals surface area contributed by atoms with Crippen LogP contribution in [0.3, 0.4) is 0 Å². The molecule has 0 N–H and O–H groups in total. The highest BCUT2D eigenvalue weighted by Crippen LogP contribution is 2.27. The smallest absolute Gasteiger partial charge is 0.310 e. The van der Waals surface area contributed by atoms with E-state index in [2.05, 4.69) is 6.07 Å². The van der Waals surface area contributed by atoms with Gasteiger partial charge in [0.25, 0.3) is 5.91 Å². The molecule has 3 aromatic rings. The second-order valence-corrected chi connectivity index (χ2v) is 9.37. The minimum atomic E-state index is -0.575. The maximum absolute atomic E-state index is 12.6. The van der Waals surface area contributed by atoms with Gasteiger partial charge in [-0.1, -0.05) is 36.4 Å². The van der Waals surface area contributed by atoms with Crippen LogP contribution in [0.25, 0.3) is 0 Å². The number of hydrogen-bond donors (Lipinski definition) is 0. The number of ether oxygens (including phenoxy) is 2. The quantitative estimate of drug-likeness (QED) is 0.282. The molecule has 0 atom stereocenters. The number of nitrogens with zero attached hydrogens (tertiary/aromatic N) is 2. The van der Waals surface area contributed by atoms with Gasteiger partial charge in [0, 0.05) is 23.9 Å². The second kappa shape index (κ2) is 11.5. The number of halogens is 1. The molecule has 0 aliphatic heterocycles. The summed E-state index contributed by atoms with van der Waals surface area (Å²) < 4.78 is 12.3. The first-order valence-corrected chi connectivity index (χ1v) is 11.5. The Morgan fingerprint density at radius 3 is 2.29 bits per heavy atom. The molecule has 0 fully saturated rings. The molecule has 0 aromatic heterocycles. The fraction of sp³-hybridized carbons (Fsp3) is 0.250. The number of benzene rings is 3. The summed E-state index contributed by atoms with van der Waals surface area (Å²) in [6.45, 7) is 5.79. The lowest BCUT2D eigenvalue weighted by Crippen LogP contribution is -2.24. The Hall–Kier alpha value is -3.82. The van der Waals surface area contributed by atoms with E-state index in [9.17, 15) is 14.9 Å². The average Bonchev–Trinajstić information content (AvgIpc) is 2.83. The van der Waals surface area contributed by atoms with E-state index in [1.54, 1.807) is 63.2 Å². The molecule has 7 heteroatoms. The van der Waals surface area contributed by atoms with Gasteiger partial charge in [-0.15, -0.1) is 0 Å². The molecule has 0 unspecified atom stereocenters. The first kappa shape index (κ1) is 25.8. The van der Waals surface area contributed by atoms with E-state index in [4.69, 9.17) is 21.3 Å². The van der Waals surface area contributed by atoms with Gasteiger partial charge in [0.05, 0.1) is 12.0 Å². The standard InChI is InChI=1S/C28H27ClN2O4/c1-28(2,3)35-26(32)18-21-9-14-25(23(17-21)19-30)34-24-12-10-22(11-13-24)27(33)31(29)16-15-20-7-5-4-6-8-20/h4-14,17H,15-16,18H2,1-3H3. The van der Waals surface area contributed by atoms with Crippen LogP contribution in [-0.2, 0) is 22.4 Å². The first-order chi connectivity index (χ1) is 16.6. The molecule has 0 aliphatic rings. The molecule has 180 valence electrons. The lowest BCUT2D eigenvalue weighted by atomic mass is 10.1. The third kappa shape index (κ3) is 7.87. The predicted molar refractivity (Wildman–Crippen MR) is 134 cm³/mol. The third-order valence-electron chi connectivity index (χ3n) is 4.92. The summed E-state index contributed by atoms with van der Waals surface area (Å²) in [4.78, 5) is 24.7. The molecule has 3 aromatic carbocycles. The molecule has 35 heavy (non-hydrogen) atoms. The van der Waals surface area contributed by atoms with E-state index in [0.717, 1.165) is 5.56 Å². The zero-order valence-electron chi connectivity index (χ0n) is 20.0. The summed E-state index contributed by atoms with van der Waals surface area (Å²) in [5.41, 5.74) is 1.89. The van der Waals surface area contributed by atoms with Crippen LogP contribution < -0.4 is 4.74 Å². The fourth-order valence-electron chi connectivity index (χ4n) is 3.31. The van der Waals surface area contributed by atoms with Crippen molar-refractivity contribution in [2.75, 3.05) is 6.54 Å². The number of nitriles is 1. The number of hydrogen-bond acceptors (Lipinski definition) is 5. The van der Waals surface area contributed by atoms with Crippen LogP contribution in [0.5, 0.6) is 11.5 Å². The van der Waals surface area contributed by atoms with Crippen molar-refractivity contribution in [1.82, 2.24) is 4.42 Å². The maximum atomic E-state index is 12.6. The molecule has 0 aliphatic carbocycles. The van der Waals surface area contributed by atoms with Gasteiger partial charge in [-0.3, -0.25) is 14.0 Å². The van der Waals surface area contributed by atoms with Crippen molar-refractivity contribution in [2.45, 2.75) is 39.2 Å². The average molecular weight is 491 g/mol. The van der Waals surface area contributed by atoms with Crippen LogP contribution in [-0.4, -0.2) is 28.4 Å². The van der Waals surface area contributed by atoms with Crippen LogP contribution >= 0.6 is 11.8 Å². The zero-order chi connectivity index (χ0) is 25.4. The highest BCUT2D eigenvalue weighted by molar-refractivity contribution is 6.24. The van der Waals surface area contributed by atoms with Crippen molar-refractivity contribution in [1.29, 1.82) is 5.26 Å². The highest BCUT2D eigenvalue weighted by atomic mass is 35.5. The lowest BCUT2D eigenvalue weighted by Gasteiger charge is -2.19. The topological polar surface area (TPSA) is 79.6 Å². The number of amides is 1. The summed E-state index contributed by atoms with van der Waals surface area (Å²) >= 11 is 6.19. The maximum Gasteiger partial charge on any atom is 0.310 e. The van der Waals surface area contributed by atoms with Gasteiger partial charge in [0.2, 0.25) is 0 Å². The number of esters is 1. The van der Waals surface area contributed by atoms with Crippen molar-refractivity contribution in [3.63, 3.8) is 0 Å². The normalized spacial score (nSPS) is 10.8. The summed E-state index contributed by atoms with van der Waals surface area (Å²) in [6, 6.07) is 23.4. The van der Waals surface area contributed by atoms with Crippen LogP contribution in [0.4, 0.5) is 0 Å². The molecular formula is C28H27ClN2O4. The van der Waals surface area contributed by atoms with Gasteiger partial charge in [-0.2, -0.15) is 5.26 Å². The summed E-state index contributed by atoms with van der Waals surface area (Å²) in [6.07, 6.45) is 0.709. The van der Waals surface area contributed by atoms with Gasteiger partial charge >= 0.3 is 5.97 Å². The molecule has 0 heterocycles. The molecule has 0 saturated carbocycles. The monoisotopic (exact) mass is 490 g/mol. The van der Waals surface area contributed by atoms with Crippen LogP contribution in [0.15, 0.2) is 72.8 Å². The Balaban J connectivity index is 1.62. The molecule has 0 radical (unpaired) electrons. The van der Waals surface area contributed by atoms with E-state index in [1.165, 1.54) is 4.42 Å². The van der Waals surface area contributed by atoms with Gasteiger partial charge < -0.3 is 9.47 Å². The van der Waals surface area contributed by atoms with Crippen LogP contribution in [0.1, 0.15) is 47.8 Å². The number of carbonyl (C=O) groups excluding carboxylic acids is 2. The van der Waals surface area contributed by atoms with Crippen molar-refractivity contribution in [3.05, 3.63) is 95.1 Å². The third-order valence-corrected chi connectivity index (χ3v) is 5.24. The molecule has 3 rings (SSSR count). The summed E-state index contributed by atoms with van der Waals surface area (Å²) in [5, 5.41) is 9.54. The zero-order valence-corrected chi connectivity index (χ0v) is 20.7. The van der Waals surface area contributed by atoms with Crippen molar-refractivity contribution in [2.24, 2.45) is 0 Å². The Labute approximate surface area is 210 Å². The van der Waals surface area contributed by atoms with E-state index >= 15 is 0 Å². The number of carbonyl (C=O) groups is 2. The summed E-state index contributed by atoms with van der Waals surface area (Å²) in [7, 11) is 0. The Morgan fingerprint density at radius 2 is 1.66 bits per heavy atom. The van der Waals surface area contributed by atoms with E-state index in [1.807, 2.05) is 30.3 Å². The molecule has 0 saturated heterocycles. The molecule has 0 spiro atoms. The Kier molecular flexibility index (Phi) is 8.51. The fourth-order valence-corrected chi connectivity index (χ4v) is 3.50. The SMILES string of the molecule is CC(C)(C)OC(=O)Cc1ccc(Oc2ccc(C(=O)N(Cl)CCc3ccccc3)cc2)c(C#N)c1. The van der Waals surface area contributed by atoms with Gasteiger partial charge in [0.1, 0.15) is 23.2 Å². The van der Waals surface area contributed by atoms with Gasteiger partial charge in [-0.05, 0) is 74.7 Å². The highest BCUT2D eigenvalue weighted by Gasteiger charge is 2.18. The largest absolute Gasteiger partial charge is 0.460 e. The first-order valence-electron chi connectivity index (χ1n) is 11.2. The van der Waals surface area contributed by atoms with Gasteiger partial charge in [0.15, 0.2) is 0 Å². The second-order valence-electron chi connectivity index (χ2n) is 8.96. The van der Waals surface area contributed by atoms with Crippen LogP contribution in [0.2, 0.25) is 0 Å². The van der Waals surface area contributed by atoms with Crippen molar-refractivity contribution < 1.29 is 19.1 Å². The molecule has 6 nitrogen and oxygen atoms in total. The molecule has 1 amide bonds. The lowest BCUT2D eigenvalue weighted by molar-refractivity contribution is -0.153. The van der Waals surface area contributed by atoms with Crippen molar-refractivity contribution in [3.8, 4) is 17.6 Å². The summed E-state index contributed by atoms with van der Waals surface area (Å²) in [5.74, 6) is 0.135. The predicted octanol–water partition coefficient (Wildman–Crippen LogP) is 6.07. The number of rotatable bonds is 8. The van der Waals surface area contributed by atoms with Crippen molar-refractivity contribution >= 4 is 23.7 Å². The van der Waals surface area contributed by atoms with E-state index in [-0.39, 0.29) is 18.3 Å².